The van der Waals surface area contributed by atoms with Crippen molar-refractivity contribution < 1.29 is 9.53 Å². The number of amides is 1. The first kappa shape index (κ1) is 17.4. The minimum atomic E-state index is 0.0437. The number of ether oxygens (including phenoxy) is 1. The molecule has 1 aliphatic rings. The van der Waals surface area contributed by atoms with Crippen LogP contribution in [0.4, 0.5) is 0 Å². The average Bonchev–Trinajstić information content (AvgIpc) is 3.24. The Labute approximate surface area is 148 Å². The number of likely N-dealkylation sites (tertiary alicyclic amines) is 1. The maximum atomic E-state index is 12.3. The number of aryl methyl sites for hydroxylation is 1. The van der Waals surface area contributed by atoms with Crippen LogP contribution in [0.25, 0.3) is 0 Å². The van der Waals surface area contributed by atoms with Gasteiger partial charge in [0.1, 0.15) is 17.7 Å². The average molecular weight is 343 g/mol. The fourth-order valence-corrected chi connectivity index (χ4v) is 3.00. The van der Waals surface area contributed by atoms with Crippen LogP contribution in [-0.2, 0) is 17.8 Å². The van der Waals surface area contributed by atoms with Gasteiger partial charge in [-0.3, -0.25) is 9.78 Å². The van der Waals surface area contributed by atoms with Gasteiger partial charge in [0.2, 0.25) is 5.91 Å². The monoisotopic (exact) mass is 343 g/mol. The fraction of sp³-hybridized carbons (Fsp3) is 0.500. The van der Waals surface area contributed by atoms with E-state index in [1.54, 1.807) is 18.6 Å². The summed E-state index contributed by atoms with van der Waals surface area (Å²) in [5.74, 6) is 1.83. The van der Waals surface area contributed by atoms with Crippen LogP contribution in [0.2, 0.25) is 0 Å². The predicted molar refractivity (Wildman–Crippen MR) is 94.1 cm³/mol. The number of hydrogen-bond acceptors (Lipinski definition) is 5. The SMILES string of the molecule is CN(C)Cc1cc(OC2CCN(C(=O)CCc3ncc[nH]3)C2)ccn1. The van der Waals surface area contributed by atoms with E-state index < -0.39 is 0 Å². The molecule has 0 radical (unpaired) electrons. The second kappa shape index (κ2) is 8.11. The fourth-order valence-electron chi connectivity index (χ4n) is 3.00. The van der Waals surface area contributed by atoms with Gasteiger partial charge in [-0.25, -0.2) is 4.98 Å². The van der Waals surface area contributed by atoms with E-state index in [4.69, 9.17) is 4.74 Å². The zero-order valence-electron chi connectivity index (χ0n) is 14.8. The van der Waals surface area contributed by atoms with Crippen molar-refractivity contribution in [3.8, 4) is 5.75 Å². The number of hydrogen-bond donors (Lipinski definition) is 1. The molecular weight excluding hydrogens is 318 g/mol. The minimum absolute atomic E-state index is 0.0437. The second-order valence-corrected chi connectivity index (χ2v) is 6.62. The van der Waals surface area contributed by atoms with E-state index in [9.17, 15) is 4.79 Å². The number of imidazole rings is 1. The summed E-state index contributed by atoms with van der Waals surface area (Å²) in [6, 6.07) is 3.85. The molecule has 134 valence electrons. The number of nitrogens with one attached hydrogen (secondary N) is 1. The van der Waals surface area contributed by atoms with E-state index in [1.165, 1.54) is 0 Å². The summed E-state index contributed by atoms with van der Waals surface area (Å²) in [4.78, 5) is 27.8. The van der Waals surface area contributed by atoms with E-state index >= 15 is 0 Å². The Kier molecular flexibility index (Phi) is 5.65. The first-order chi connectivity index (χ1) is 12.1. The molecule has 2 aromatic rings. The number of carbonyl (C=O) groups excluding carboxylic acids is 1. The predicted octanol–water partition coefficient (Wildman–Crippen LogP) is 1.48. The summed E-state index contributed by atoms with van der Waals surface area (Å²) in [5, 5.41) is 0. The van der Waals surface area contributed by atoms with Crippen LogP contribution in [0.3, 0.4) is 0 Å². The Hall–Kier alpha value is -2.41. The highest BCUT2D eigenvalue weighted by Crippen LogP contribution is 2.20. The van der Waals surface area contributed by atoms with E-state index in [2.05, 4.69) is 19.9 Å². The van der Waals surface area contributed by atoms with Crippen LogP contribution in [0.15, 0.2) is 30.7 Å². The van der Waals surface area contributed by atoms with Crippen LogP contribution < -0.4 is 4.74 Å². The van der Waals surface area contributed by atoms with Gasteiger partial charge in [0.25, 0.3) is 0 Å². The topological polar surface area (TPSA) is 74.3 Å². The van der Waals surface area contributed by atoms with E-state index in [1.807, 2.05) is 31.1 Å². The molecule has 1 saturated heterocycles. The van der Waals surface area contributed by atoms with E-state index in [0.29, 0.717) is 19.4 Å². The smallest absolute Gasteiger partial charge is 0.223 e. The van der Waals surface area contributed by atoms with Crippen molar-refractivity contribution in [2.24, 2.45) is 0 Å². The molecule has 7 heteroatoms. The first-order valence-electron chi connectivity index (χ1n) is 8.62. The van der Waals surface area contributed by atoms with Crippen molar-refractivity contribution in [2.75, 3.05) is 27.2 Å². The number of H-pyrrole nitrogens is 1. The molecule has 1 aliphatic heterocycles. The lowest BCUT2D eigenvalue weighted by Crippen LogP contribution is -2.31. The number of aromatic nitrogens is 3. The van der Waals surface area contributed by atoms with Crippen molar-refractivity contribution in [1.82, 2.24) is 24.8 Å². The lowest BCUT2D eigenvalue weighted by atomic mass is 10.2. The Bertz CT molecular complexity index is 687. The molecule has 0 spiro atoms. The molecule has 7 nitrogen and oxygen atoms in total. The number of aromatic amines is 1. The molecule has 2 aromatic heterocycles. The number of nitrogens with zero attached hydrogens (tertiary/aromatic N) is 4. The third kappa shape index (κ3) is 5.03. The molecule has 1 unspecified atom stereocenters. The van der Waals surface area contributed by atoms with Crippen molar-refractivity contribution in [2.45, 2.75) is 31.9 Å². The van der Waals surface area contributed by atoms with Gasteiger partial charge in [-0.05, 0) is 20.2 Å². The molecule has 1 amide bonds. The normalized spacial score (nSPS) is 17.2. The van der Waals surface area contributed by atoms with Gasteiger partial charge in [0, 0.05) is 57.0 Å². The maximum absolute atomic E-state index is 12.3. The van der Waals surface area contributed by atoms with Gasteiger partial charge in [0.15, 0.2) is 0 Å². The summed E-state index contributed by atoms with van der Waals surface area (Å²) in [6.45, 7) is 2.17. The first-order valence-corrected chi connectivity index (χ1v) is 8.62. The highest BCUT2D eigenvalue weighted by molar-refractivity contribution is 5.76. The van der Waals surface area contributed by atoms with Crippen LogP contribution >= 0.6 is 0 Å². The van der Waals surface area contributed by atoms with Crippen LogP contribution in [-0.4, -0.2) is 63.9 Å². The lowest BCUT2D eigenvalue weighted by molar-refractivity contribution is -0.130. The van der Waals surface area contributed by atoms with Gasteiger partial charge < -0.3 is 19.5 Å². The number of pyridine rings is 1. The van der Waals surface area contributed by atoms with Crippen molar-refractivity contribution in [3.05, 3.63) is 42.2 Å². The standard InChI is InChI=1S/C18H25N5O2/c1-22(2)12-14-11-15(5-7-19-14)25-16-6-10-23(13-16)18(24)4-3-17-20-8-9-21-17/h5,7-9,11,16H,3-4,6,10,12-13H2,1-2H3,(H,20,21). The minimum Gasteiger partial charge on any atom is -0.488 e. The Morgan fingerprint density at radius 1 is 1.40 bits per heavy atom. The molecule has 1 fully saturated rings. The van der Waals surface area contributed by atoms with E-state index in [0.717, 1.165) is 36.8 Å². The molecule has 0 aliphatic carbocycles. The quantitative estimate of drug-likeness (QED) is 0.824. The molecular formula is C18H25N5O2. The van der Waals surface area contributed by atoms with Gasteiger partial charge in [-0.1, -0.05) is 0 Å². The maximum Gasteiger partial charge on any atom is 0.223 e. The molecule has 0 aromatic carbocycles. The molecule has 0 bridgehead atoms. The Morgan fingerprint density at radius 3 is 3.04 bits per heavy atom. The Morgan fingerprint density at radius 2 is 2.28 bits per heavy atom. The number of carbonyl (C=O) groups is 1. The lowest BCUT2D eigenvalue weighted by Gasteiger charge is -2.17. The van der Waals surface area contributed by atoms with E-state index in [-0.39, 0.29) is 12.0 Å². The van der Waals surface area contributed by atoms with Crippen molar-refractivity contribution >= 4 is 5.91 Å². The van der Waals surface area contributed by atoms with Crippen LogP contribution in [0.5, 0.6) is 5.75 Å². The summed E-state index contributed by atoms with van der Waals surface area (Å²) in [6.07, 6.45) is 7.28. The van der Waals surface area contributed by atoms with Gasteiger partial charge in [-0.2, -0.15) is 0 Å². The number of rotatable bonds is 7. The molecule has 0 saturated carbocycles. The zero-order chi connectivity index (χ0) is 17.6. The van der Waals surface area contributed by atoms with Gasteiger partial charge in [0.05, 0.1) is 12.2 Å². The summed E-state index contributed by atoms with van der Waals surface area (Å²) < 4.78 is 6.06. The Balaban J connectivity index is 1.48. The summed E-state index contributed by atoms with van der Waals surface area (Å²) in [5.41, 5.74) is 0.979. The summed E-state index contributed by atoms with van der Waals surface area (Å²) in [7, 11) is 4.02. The highest BCUT2D eigenvalue weighted by Gasteiger charge is 2.27. The third-order valence-corrected chi connectivity index (χ3v) is 4.20. The molecule has 3 rings (SSSR count). The zero-order valence-corrected chi connectivity index (χ0v) is 14.8. The van der Waals surface area contributed by atoms with Crippen molar-refractivity contribution in [1.29, 1.82) is 0 Å². The highest BCUT2D eigenvalue weighted by atomic mass is 16.5. The molecule has 25 heavy (non-hydrogen) atoms. The molecule has 3 heterocycles. The molecule has 1 atom stereocenters. The second-order valence-electron chi connectivity index (χ2n) is 6.62. The van der Waals surface area contributed by atoms with Crippen LogP contribution in [0.1, 0.15) is 24.4 Å². The van der Waals surface area contributed by atoms with Gasteiger partial charge >= 0.3 is 0 Å². The summed E-state index contributed by atoms with van der Waals surface area (Å²) >= 11 is 0. The third-order valence-electron chi connectivity index (χ3n) is 4.20. The van der Waals surface area contributed by atoms with Gasteiger partial charge in [-0.15, -0.1) is 0 Å². The molecule has 1 N–H and O–H groups in total. The van der Waals surface area contributed by atoms with Crippen molar-refractivity contribution in [3.63, 3.8) is 0 Å². The largest absolute Gasteiger partial charge is 0.488 e. The van der Waals surface area contributed by atoms with Crippen LogP contribution in [0, 0.1) is 0 Å².